The Labute approximate surface area is 141 Å². The average Bonchev–Trinajstić information content (AvgIpc) is 2.54. The Balaban J connectivity index is 1.83. The summed E-state index contributed by atoms with van der Waals surface area (Å²) in [5.74, 6) is 1.26. The normalized spacial score (nSPS) is 19.2. The quantitative estimate of drug-likeness (QED) is 0.908. The number of morpholine rings is 1. The van der Waals surface area contributed by atoms with Gasteiger partial charge in [-0.2, -0.15) is 4.31 Å². The van der Waals surface area contributed by atoms with E-state index in [1.165, 1.54) is 10.6 Å². The van der Waals surface area contributed by atoms with E-state index in [4.69, 9.17) is 4.74 Å². The summed E-state index contributed by atoms with van der Waals surface area (Å²) in [5.41, 5.74) is 1.60. The Morgan fingerprint density at radius 1 is 1.25 bits per heavy atom. The summed E-state index contributed by atoms with van der Waals surface area (Å²) < 4.78 is 30.7. The van der Waals surface area contributed by atoms with E-state index in [0.29, 0.717) is 30.5 Å². The van der Waals surface area contributed by atoms with Crippen LogP contribution in [-0.4, -0.2) is 48.6 Å². The van der Waals surface area contributed by atoms with E-state index in [9.17, 15) is 8.42 Å². The molecule has 8 heteroatoms. The van der Waals surface area contributed by atoms with Crippen LogP contribution in [0.15, 0.2) is 36.4 Å². The highest BCUT2D eigenvalue weighted by Gasteiger charge is 2.28. The lowest BCUT2D eigenvalue weighted by molar-refractivity contribution is -0.00484. The van der Waals surface area contributed by atoms with Crippen molar-refractivity contribution in [3.8, 4) is 0 Å². The highest BCUT2D eigenvalue weighted by Crippen LogP contribution is 2.25. The molecule has 128 valence electrons. The Bertz CT molecular complexity index is 811. The van der Waals surface area contributed by atoms with Crippen LogP contribution in [0.4, 0.5) is 11.5 Å². The van der Waals surface area contributed by atoms with Crippen molar-refractivity contribution in [3.63, 3.8) is 0 Å². The van der Waals surface area contributed by atoms with Gasteiger partial charge in [0.2, 0.25) is 10.0 Å². The maximum atomic E-state index is 11.8. The zero-order valence-corrected chi connectivity index (χ0v) is 14.5. The summed E-state index contributed by atoms with van der Waals surface area (Å²) in [6.07, 6.45) is 0.815. The molecule has 1 aromatic heterocycles. The molecule has 2 aromatic rings. The number of ether oxygens (including phenoxy) is 1. The topological polar surface area (TPSA) is 84.4 Å². The van der Waals surface area contributed by atoms with Gasteiger partial charge in [-0.1, -0.05) is 18.2 Å². The molecule has 0 radical (unpaired) electrons. The SMILES string of the molecule is Cc1nc(Nc2ccccc2)cc([C@@H]2CN(S(C)(=O)=O)CCO2)n1. The van der Waals surface area contributed by atoms with Crippen LogP contribution in [0.3, 0.4) is 0 Å². The molecule has 0 amide bonds. The minimum atomic E-state index is -3.24. The van der Waals surface area contributed by atoms with Gasteiger partial charge in [0.15, 0.2) is 0 Å². The fraction of sp³-hybridized carbons (Fsp3) is 0.375. The van der Waals surface area contributed by atoms with E-state index in [1.807, 2.05) is 30.3 Å². The lowest BCUT2D eigenvalue weighted by Crippen LogP contribution is -2.41. The number of nitrogens with zero attached hydrogens (tertiary/aromatic N) is 3. The standard InChI is InChI=1S/C16H20N4O3S/c1-12-17-14(15-11-20(8-9-23-15)24(2,21)22)10-16(18-12)19-13-6-4-3-5-7-13/h3-7,10,15H,8-9,11H2,1-2H3,(H,17,18,19)/t15-/m0/s1. The first-order valence-corrected chi connectivity index (χ1v) is 9.51. The lowest BCUT2D eigenvalue weighted by atomic mass is 10.2. The summed E-state index contributed by atoms with van der Waals surface area (Å²) in [6.45, 7) is 2.79. The number of benzene rings is 1. The largest absolute Gasteiger partial charge is 0.369 e. The van der Waals surface area contributed by atoms with Crippen LogP contribution in [-0.2, 0) is 14.8 Å². The van der Waals surface area contributed by atoms with Gasteiger partial charge in [-0.15, -0.1) is 0 Å². The molecule has 1 fully saturated rings. The third kappa shape index (κ3) is 4.08. The van der Waals surface area contributed by atoms with Gasteiger partial charge in [-0.05, 0) is 19.1 Å². The van der Waals surface area contributed by atoms with Crippen LogP contribution >= 0.6 is 0 Å². The van der Waals surface area contributed by atoms with Gasteiger partial charge in [-0.25, -0.2) is 18.4 Å². The summed E-state index contributed by atoms with van der Waals surface area (Å²) in [7, 11) is -3.24. The number of sulfonamides is 1. The van der Waals surface area contributed by atoms with Gasteiger partial charge in [0.05, 0.1) is 18.6 Å². The van der Waals surface area contributed by atoms with Crippen molar-refractivity contribution in [2.75, 3.05) is 31.3 Å². The molecule has 2 heterocycles. The molecule has 0 unspecified atom stereocenters. The molecule has 7 nitrogen and oxygen atoms in total. The Kier molecular flexibility index (Phi) is 4.79. The van der Waals surface area contributed by atoms with Crippen LogP contribution in [0.25, 0.3) is 0 Å². The van der Waals surface area contributed by atoms with E-state index in [2.05, 4.69) is 15.3 Å². The minimum absolute atomic E-state index is 0.264. The maximum Gasteiger partial charge on any atom is 0.211 e. The first-order valence-electron chi connectivity index (χ1n) is 7.66. The van der Waals surface area contributed by atoms with Gasteiger partial charge in [0, 0.05) is 24.8 Å². The van der Waals surface area contributed by atoms with Gasteiger partial charge >= 0.3 is 0 Å². The molecule has 24 heavy (non-hydrogen) atoms. The van der Waals surface area contributed by atoms with Crippen molar-refractivity contribution >= 4 is 21.5 Å². The molecule has 1 atom stereocenters. The van der Waals surface area contributed by atoms with Crippen LogP contribution in [0.2, 0.25) is 0 Å². The van der Waals surface area contributed by atoms with Crippen molar-refractivity contribution in [1.82, 2.24) is 14.3 Å². The second-order valence-electron chi connectivity index (χ2n) is 5.70. The van der Waals surface area contributed by atoms with Gasteiger partial charge in [0.25, 0.3) is 0 Å². The van der Waals surface area contributed by atoms with Crippen LogP contribution in [0, 0.1) is 6.92 Å². The van der Waals surface area contributed by atoms with E-state index >= 15 is 0 Å². The van der Waals surface area contributed by atoms with Crippen LogP contribution in [0.1, 0.15) is 17.6 Å². The van der Waals surface area contributed by atoms with Crippen molar-refractivity contribution in [3.05, 3.63) is 47.9 Å². The molecule has 0 bridgehead atoms. The second-order valence-corrected chi connectivity index (χ2v) is 7.68. The van der Waals surface area contributed by atoms with E-state index in [0.717, 1.165) is 5.69 Å². The molecule has 1 saturated heterocycles. The molecule has 1 aliphatic rings. The number of hydrogen-bond donors (Lipinski definition) is 1. The number of aryl methyl sites for hydroxylation is 1. The lowest BCUT2D eigenvalue weighted by Gasteiger charge is -2.31. The highest BCUT2D eigenvalue weighted by molar-refractivity contribution is 7.88. The molecule has 1 aromatic carbocycles. The Morgan fingerprint density at radius 2 is 2.00 bits per heavy atom. The number of rotatable bonds is 4. The maximum absolute atomic E-state index is 11.8. The first-order chi connectivity index (χ1) is 11.4. The molecule has 1 N–H and O–H groups in total. The zero-order chi connectivity index (χ0) is 17.2. The van der Waals surface area contributed by atoms with Gasteiger partial charge in [0.1, 0.15) is 17.7 Å². The van der Waals surface area contributed by atoms with Crippen LogP contribution < -0.4 is 5.32 Å². The summed E-state index contributed by atoms with van der Waals surface area (Å²) in [4.78, 5) is 8.80. The van der Waals surface area contributed by atoms with Crippen molar-refractivity contribution in [1.29, 1.82) is 0 Å². The van der Waals surface area contributed by atoms with E-state index in [1.54, 1.807) is 13.0 Å². The number of anilines is 2. The predicted molar refractivity (Wildman–Crippen MR) is 91.6 cm³/mol. The van der Waals surface area contributed by atoms with Crippen molar-refractivity contribution in [2.45, 2.75) is 13.0 Å². The first kappa shape index (κ1) is 16.8. The summed E-state index contributed by atoms with van der Waals surface area (Å²) >= 11 is 0. The van der Waals surface area contributed by atoms with E-state index < -0.39 is 16.1 Å². The predicted octanol–water partition coefficient (Wildman–Crippen LogP) is 1.86. The Morgan fingerprint density at radius 3 is 2.71 bits per heavy atom. The minimum Gasteiger partial charge on any atom is -0.369 e. The molecule has 3 rings (SSSR count). The highest BCUT2D eigenvalue weighted by atomic mass is 32.2. The van der Waals surface area contributed by atoms with E-state index in [-0.39, 0.29) is 6.54 Å². The van der Waals surface area contributed by atoms with Gasteiger partial charge in [-0.3, -0.25) is 0 Å². The number of aromatic nitrogens is 2. The number of hydrogen-bond acceptors (Lipinski definition) is 6. The monoisotopic (exact) mass is 348 g/mol. The molecule has 0 aliphatic carbocycles. The summed E-state index contributed by atoms with van der Waals surface area (Å²) in [6, 6.07) is 11.5. The fourth-order valence-corrected chi connectivity index (χ4v) is 3.41. The summed E-state index contributed by atoms with van der Waals surface area (Å²) in [5, 5.41) is 3.23. The molecule has 0 spiro atoms. The van der Waals surface area contributed by atoms with Crippen molar-refractivity contribution < 1.29 is 13.2 Å². The molecular weight excluding hydrogens is 328 g/mol. The number of nitrogens with one attached hydrogen (secondary N) is 1. The fourth-order valence-electron chi connectivity index (χ4n) is 2.59. The van der Waals surface area contributed by atoms with Crippen LogP contribution in [0.5, 0.6) is 0 Å². The Hall–Kier alpha value is -2.03. The molecule has 1 aliphatic heterocycles. The smallest absolute Gasteiger partial charge is 0.211 e. The number of para-hydroxylation sites is 1. The average molecular weight is 348 g/mol. The third-order valence-corrected chi connectivity index (χ3v) is 5.00. The molecule has 0 saturated carbocycles. The van der Waals surface area contributed by atoms with Crippen molar-refractivity contribution in [2.24, 2.45) is 0 Å². The molecular formula is C16H20N4O3S. The third-order valence-electron chi connectivity index (χ3n) is 3.73. The second kappa shape index (κ2) is 6.84. The zero-order valence-electron chi connectivity index (χ0n) is 13.6. The van der Waals surface area contributed by atoms with Gasteiger partial charge < -0.3 is 10.1 Å².